The highest BCUT2D eigenvalue weighted by Crippen LogP contribution is 2.19. The van der Waals surface area contributed by atoms with Crippen molar-refractivity contribution in [3.05, 3.63) is 43.2 Å². The molecule has 0 radical (unpaired) electrons. The van der Waals surface area contributed by atoms with E-state index in [0.29, 0.717) is 0 Å². The topological polar surface area (TPSA) is 90.5 Å². The molecule has 0 aliphatic heterocycles. The van der Waals surface area contributed by atoms with Crippen LogP contribution in [0.3, 0.4) is 0 Å². The van der Waals surface area contributed by atoms with E-state index in [1.54, 1.807) is 17.3 Å². The highest BCUT2D eigenvalue weighted by Gasteiger charge is 2.11. The van der Waals surface area contributed by atoms with Gasteiger partial charge in [0.05, 0.1) is 11.4 Å². The second-order valence-electron chi connectivity index (χ2n) is 5.34. The minimum Gasteiger partial charge on any atom is -0.325 e. The third-order valence-electron chi connectivity index (χ3n) is 3.26. The van der Waals surface area contributed by atoms with Crippen LogP contribution in [0.5, 0.6) is 0 Å². The van der Waals surface area contributed by atoms with Gasteiger partial charge in [-0.15, -0.1) is 10.2 Å². The van der Waals surface area contributed by atoms with Gasteiger partial charge in [-0.25, -0.2) is 9.67 Å². The van der Waals surface area contributed by atoms with Gasteiger partial charge in [0.2, 0.25) is 5.91 Å². The Morgan fingerprint density at radius 3 is 2.71 bits per heavy atom. The zero-order chi connectivity index (χ0) is 16.9. The first-order chi connectivity index (χ1) is 11.6. The van der Waals surface area contributed by atoms with E-state index in [9.17, 15) is 4.79 Å². The molecule has 0 atom stereocenters. The van der Waals surface area contributed by atoms with Crippen LogP contribution in [0, 0.1) is 0 Å². The standard InChI is InChI=1S/C15H17N7OS/c1-11(2)21-10-17-20-15(21)24-7-14(23)19-12-3-5-13(6-4-12)22-9-16-8-18-22/h3-6,8-11H,7H2,1-2H3,(H,19,23). The molecule has 124 valence electrons. The monoisotopic (exact) mass is 343 g/mol. The minimum atomic E-state index is -0.0909. The Morgan fingerprint density at radius 1 is 1.25 bits per heavy atom. The molecule has 24 heavy (non-hydrogen) atoms. The summed E-state index contributed by atoms with van der Waals surface area (Å²) in [6.45, 7) is 4.09. The van der Waals surface area contributed by atoms with Gasteiger partial charge in [-0.1, -0.05) is 11.8 Å². The maximum Gasteiger partial charge on any atom is 0.234 e. The summed E-state index contributed by atoms with van der Waals surface area (Å²) in [5.41, 5.74) is 1.61. The van der Waals surface area contributed by atoms with E-state index in [1.807, 2.05) is 42.7 Å². The number of nitrogens with zero attached hydrogens (tertiary/aromatic N) is 6. The van der Waals surface area contributed by atoms with Crippen molar-refractivity contribution < 1.29 is 4.79 Å². The maximum atomic E-state index is 12.1. The smallest absolute Gasteiger partial charge is 0.234 e. The Hall–Kier alpha value is -2.68. The summed E-state index contributed by atoms with van der Waals surface area (Å²) >= 11 is 1.37. The Morgan fingerprint density at radius 2 is 2.04 bits per heavy atom. The van der Waals surface area contributed by atoms with Crippen molar-refractivity contribution in [1.82, 2.24) is 29.5 Å². The lowest BCUT2D eigenvalue weighted by Crippen LogP contribution is -2.14. The number of thioether (sulfide) groups is 1. The molecule has 1 N–H and O–H groups in total. The molecular formula is C15H17N7OS. The number of hydrogen-bond donors (Lipinski definition) is 1. The Labute approximate surface area is 143 Å². The third-order valence-corrected chi connectivity index (χ3v) is 4.22. The number of carbonyl (C=O) groups excluding carboxylic acids is 1. The first kappa shape index (κ1) is 16.2. The third kappa shape index (κ3) is 3.80. The first-order valence-corrected chi connectivity index (χ1v) is 8.39. The van der Waals surface area contributed by atoms with Gasteiger partial charge in [0.1, 0.15) is 19.0 Å². The molecule has 0 fully saturated rings. The number of anilines is 1. The van der Waals surface area contributed by atoms with Gasteiger partial charge in [-0.2, -0.15) is 5.10 Å². The second-order valence-corrected chi connectivity index (χ2v) is 6.28. The lowest BCUT2D eigenvalue weighted by molar-refractivity contribution is -0.113. The normalized spacial score (nSPS) is 11.0. The molecule has 0 aliphatic rings. The lowest BCUT2D eigenvalue weighted by Gasteiger charge is -2.09. The Balaban J connectivity index is 1.56. The fourth-order valence-electron chi connectivity index (χ4n) is 2.06. The van der Waals surface area contributed by atoms with Crippen LogP contribution in [-0.2, 0) is 4.79 Å². The molecule has 0 bridgehead atoms. The number of hydrogen-bond acceptors (Lipinski definition) is 6. The van der Waals surface area contributed by atoms with Crippen molar-refractivity contribution in [3.63, 3.8) is 0 Å². The van der Waals surface area contributed by atoms with Crippen LogP contribution in [0.25, 0.3) is 5.69 Å². The molecule has 1 amide bonds. The van der Waals surface area contributed by atoms with Gasteiger partial charge in [-0.3, -0.25) is 4.79 Å². The van der Waals surface area contributed by atoms with Gasteiger partial charge in [-0.05, 0) is 38.1 Å². The SMILES string of the molecule is CC(C)n1cnnc1SCC(=O)Nc1ccc(-n2cncn2)cc1. The lowest BCUT2D eigenvalue weighted by atomic mass is 10.3. The summed E-state index contributed by atoms with van der Waals surface area (Å²) in [4.78, 5) is 16.0. The van der Waals surface area contributed by atoms with Crippen LogP contribution in [0.15, 0.2) is 48.4 Å². The largest absolute Gasteiger partial charge is 0.325 e. The number of rotatable bonds is 6. The van der Waals surface area contributed by atoms with Crippen molar-refractivity contribution in [2.75, 3.05) is 11.1 Å². The van der Waals surface area contributed by atoms with E-state index in [2.05, 4.69) is 25.6 Å². The average Bonchev–Trinajstić information content (AvgIpc) is 3.25. The number of nitrogens with one attached hydrogen (secondary N) is 1. The first-order valence-electron chi connectivity index (χ1n) is 7.40. The zero-order valence-corrected chi connectivity index (χ0v) is 14.1. The van der Waals surface area contributed by atoms with Gasteiger partial charge >= 0.3 is 0 Å². The van der Waals surface area contributed by atoms with Crippen molar-refractivity contribution >= 4 is 23.4 Å². The Bertz CT molecular complexity index is 796. The maximum absolute atomic E-state index is 12.1. The minimum absolute atomic E-state index is 0.0909. The number of carbonyl (C=O) groups is 1. The summed E-state index contributed by atoms with van der Waals surface area (Å²) in [6, 6.07) is 7.65. The highest BCUT2D eigenvalue weighted by atomic mass is 32.2. The molecule has 0 saturated heterocycles. The van der Waals surface area contributed by atoms with E-state index in [1.165, 1.54) is 18.1 Å². The second kappa shape index (κ2) is 7.26. The van der Waals surface area contributed by atoms with E-state index < -0.39 is 0 Å². The van der Waals surface area contributed by atoms with Crippen molar-refractivity contribution in [2.45, 2.75) is 25.0 Å². The molecule has 8 nitrogen and oxygen atoms in total. The molecule has 0 unspecified atom stereocenters. The number of benzene rings is 1. The summed E-state index contributed by atoms with van der Waals surface area (Å²) in [5.74, 6) is 0.183. The van der Waals surface area contributed by atoms with Crippen LogP contribution < -0.4 is 5.32 Å². The van der Waals surface area contributed by atoms with E-state index in [-0.39, 0.29) is 17.7 Å². The average molecular weight is 343 g/mol. The summed E-state index contributed by atoms with van der Waals surface area (Å²) in [7, 11) is 0. The van der Waals surface area contributed by atoms with Gasteiger partial charge in [0.15, 0.2) is 5.16 Å². The molecule has 2 heterocycles. The fourth-order valence-corrected chi connectivity index (χ4v) is 2.90. The molecule has 3 rings (SSSR count). The summed E-state index contributed by atoms with van der Waals surface area (Å²) in [5, 5.41) is 15.6. The van der Waals surface area contributed by atoms with E-state index >= 15 is 0 Å². The van der Waals surface area contributed by atoms with Crippen molar-refractivity contribution in [3.8, 4) is 5.69 Å². The van der Waals surface area contributed by atoms with Crippen LogP contribution in [0.2, 0.25) is 0 Å². The number of aromatic nitrogens is 6. The quantitative estimate of drug-likeness (QED) is 0.690. The molecule has 2 aromatic heterocycles. The summed E-state index contributed by atoms with van der Waals surface area (Å²) < 4.78 is 3.59. The van der Waals surface area contributed by atoms with Crippen molar-refractivity contribution in [1.29, 1.82) is 0 Å². The van der Waals surface area contributed by atoms with Crippen LogP contribution >= 0.6 is 11.8 Å². The summed E-state index contributed by atoms with van der Waals surface area (Å²) in [6.07, 6.45) is 4.77. The van der Waals surface area contributed by atoms with Crippen LogP contribution in [0.1, 0.15) is 19.9 Å². The molecule has 0 spiro atoms. The number of amides is 1. The molecule has 3 aromatic rings. The fraction of sp³-hybridized carbons (Fsp3) is 0.267. The molecular weight excluding hydrogens is 326 g/mol. The van der Waals surface area contributed by atoms with E-state index in [4.69, 9.17) is 0 Å². The molecule has 9 heteroatoms. The van der Waals surface area contributed by atoms with Gasteiger partial charge in [0.25, 0.3) is 0 Å². The van der Waals surface area contributed by atoms with Gasteiger partial charge < -0.3 is 9.88 Å². The highest BCUT2D eigenvalue weighted by molar-refractivity contribution is 7.99. The predicted octanol–water partition coefficient (Wildman–Crippen LogP) is 2.17. The van der Waals surface area contributed by atoms with Gasteiger partial charge in [0, 0.05) is 11.7 Å². The van der Waals surface area contributed by atoms with Crippen LogP contribution in [0.4, 0.5) is 5.69 Å². The predicted molar refractivity (Wildman–Crippen MR) is 91.1 cm³/mol. The molecule has 1 aromatic carbocycles. The van der Waals surface area contributed by atoms with Crippen molar-refractivity contribution in [2.24, 2.45) is 0 Å². The van der Waals surface area contributed by atoms with Crippen LogP contribution in [-0.4, -0.2) is 41.2 Å². The molecule has 0 saturated carbocycles. The molecule has 0 aliphatic carbocycles. The van der Waals surface area contributed by atoms with E-state index in [0.717, 1.165) is 16.5 Å². The Kier molecular flexibility index (Phi) is 4.90. The zero-order valence-electron chi connectivity index (χ0n) is 13.3.